The summed E-state index contributed by atoms with van der Waals surface area (Å²) in [4.78, 5) is 2.59. The summed E-state index contributed by atoms with van der Waals surface area (Å²) < 4.78 is 0. The number of fused-ring (bicyclic) bond motifs is 3. The summed E-state index contributed by atoms with van der Waals surface area (Å²) in [7, 11) is 0. The highest BCUT2D eigenvalue weighted by molar-refractivity contribution is 6.30. The Morgan fingerprint density at radius 2 is 2.21 bits per heavy atom. The second-order valence-corrected chi connectivity index (χ2v) is 4.76. The number of piperidine rings is 1. The molecule has 3 rings (SSSR count). The minimum atomic E-state index is 0.664. The summed E-state index contributed by atoms with van der Waals surface area (Å²) in [5.74, 6) is 0. The molecule has 1 unspecified atom stereocenters. The number of hydrogen-bond acceptors (Lipinski definition) is 1. The van der Waals surface area contributed by atoms with E-state index in [2.05, 4.69) is 17.0 Å². The van der Waals surface area contributed by atoms with Crippen LogP contribution in [-0.2, 0) is 6.54 Å². The van der Waals surface area contributed by atoms with Crippen LogP contribution in [0.25, 0.3) is 0 Å². The van der Waals surface area contributed by atoms with Crippen LogP contribution in [0.4, 0.5) is 0 Å². The van der Waals surface area contributed by atoms with Gasteiger partial charge in [-0.25, -0.2) is 0 Å². The molecule has 0 amide bonds. The molecule has 1 nitrogen and oxygen atoms in total. The monoisotopic (exact) mass is 207 g/mol. The van der Waals surface area contributed by atoms with Gasteiger partial charge in [-0.2, -0.15) is 0 Å². The lowest BCUT2D eigenvalue weighted by molar-refractivity contribution is 0.164. The van der Waals surface area contributed by atoms with Crippen LogP contribution in [0, 0.1) is 0 Å². The van der Waals surface area contributed by atoms with Crippen LogP contribution in [0.5, 0.6) is 0 Å². The Balaban J connectivity index is 2.02. The van der Waals surface area contributed by atoms with Crippen LogP contribution in [0.15, 0.2) is 18.2 Å². The highest BCUT2D eigenvalue weighted by Crippen LogP contribution is 2.40. The first-order valence-electron chi connectivity index (χ1n) is 5.37. The second-order valence-electron chi connectivity index (χ2n) is 4.33. The normalized spacial score (nSPS) is 25.9. The van der Waals surface area contributed by atoms with Gasteiger partial charge in [0.15, 0.2) is 0 Å². The smallest absolute Gasteiger partial charge is 0.0409 e. The van der Waals surface area contributed by atoms with E-state index in [-0.39, 0.29) is 0 Å². The standard InChI is InChI=1S/C12H14ClN/c13-10-5-4-9-8-14-6-2-1-3-12(14)11(9)7-10/h4-5,7,12H,1-3,6,8H2. The van der Waals surface area contributed by atoms with Crippen molar-refractivity contribution in [3.63, 3.8) is 0 Å². The van der Waals surface area contributed by atoms with Gasteiger partial charge in [-0.15, -0.1) is 0 Å². The fraction of sp³-hybridized carbons (Fsp3) is 0.500. The van der Waals surface area contributed by atoms with Crippen molar-refractivity contribution in [1.29, 1.82) is 0 Å². The number of nitrogens with zero attached hydrogens (tertiary/aromatic N) is 1. The Morgan fingerprint density at radius 1 is 1.29 bits per heavy atom. The van der Waals surface area contributed by atoms with E-state index in [9.17, 15) is 0 Å². The molecule has 0 bridgehead atoms. The van der Waals surface area contributed by atoms with Gasteiger partial charge in [0.1, 0.15) is 0 Å². The first kappa shape index (κ1) is 8.75. The fourth-order valence-electron chi connectivity index (χ4n) is 2.77. The molecule has 2 aliphatic rings. The van der Waals surface area contributed by atoms with E-state index < -0.39 is 0 Å². The third-order valence-corrected chi connectivity index (χ3v) is 3.69. The Hall–Kier alpha value is -0.530. The highest BCUT2D eigenvalue weighted by atomic mass is 35.5. The first-order chi connectivity index (χ1) is 6.84. The van der Waals surface area contributed by atoms with Crippen molar-refractivity contribution >= 4 is 11.6 Å². The van der Waals surface area contributed by atoms with Crippen molar-refractivity contribution in [2.24, 2.45) is 0 Å². The van der Waals surface area contributed by atoms with Crippen LogP contribution < -0.4 is 0 Å². The Kier molecular flexibility index (Phi) is 2.03. The van der Waals surface area contributed by atoms with E-state index in [1.807, 2.05) is 6.07 Å². The summed E-state index contributed by atoms with van der Waals surface area (Å²) in [6, 6.07) is 7.03. The van der Waals surface area contributed by atoms with Crippen molar-refractivity contribution in [1.82, 2.24) is 4.90 Å². The largest absolute Gasteiger partial charge is 0.292 e. The van der Waals surface area contributed by atoms with Crippen LogP contribution in [0.1, 0.15) is 36.4 Å². The average Bonchev–Trinajstić information content (AvgIpc) is 2.56. The summed E-state index contributed by atoms with van der Waals surface area (Å²) in [6.07, 6.45) is 4.04. The number of benzene rings is 1. The van der Waals surface area contributed by atoms with E-state index in [0.29, 0.717) is 6.04 Å². The molecule has 1 fully saturated rings. The van der Waals surface area contributed by atoms with Gasteiger partial charge in [0.05, 0.1) is 0 Å². The van der Waals surface area contributed by atoms with Crippen molar-refractivity contribution in [3.8, 4) is 0 Å². The quantitative estimate of drug-likeness (QED) is 0.631. The van der Waals surface area contributed by atoms with E-state index >= 15 is 0 Å². The molecule has 2 heteroatoms. The van der Waals surface area contributed by atoms with E-state index in [4.69, 9.17) is 11.6 Å². The van der Waals surface area contributed by atoms with Gasteiger partial charge in [-0.05, 0) is 42.6 Å². The minimum absolute atomic E-state index is 0.664. The van der Waals surface area contributed by atoms with E-state index in [0.717, 1.165) is 11.6 Å². The number of hydrogen-bond donors (Lipinski definition) is 0. The van der Waals surface area contributed by atoms with Gasteiger partial charge >= 0.3 is 0 Å². The van der Waals surface area contributed by atoms with E-state index in [1.165, 1.54) is 36.9 Å². The van der Waals surface area contributed by atoms with Crippen molar-refractivity contribution < 1.29 is 0 Å². The molecule has 1 aromatic rings. The van der Waals surface area contributed by atoms with Crippen LogP contribution >= 0.6 is 11.6 Å². The maximum atomic E-state index is 6.04. The minimum Gasteiger partial charge on any atom is -0.292 e. The van der Waals surface area contributed by atoms with Crippen molar-refractivity contribution in [3.05, 3.63) is 34.3 Å². The topological polar surface area (TPSA) is 3.24 Å². The van der Waals surface area contributed by atoms with Crippen LogP contribution in [0.2, 0.25) is 5.02 Å². The fourth-order valence-corrected chi connectivity index (χ4v) is 2.95. The van der Waals surface area contributed by atoms with Gasteiger partial charge in [0.2, 0.25) is 0 Å². The predicted octanol–water partition coefficient (Wildman–Crippen LogP) is 3.38. The van der Waals surface area contributed by atoms with Crippen LogP contribution in [-0.4, -0.2) is 11.4 Å². The van der Waals surface area contributed by atoms with Crippen molar-refractivity contribution in [2.45, 2.75) is 31.8 Å². The van der Waals surface area contributed by atoms with Crippen LogP contribution in [0.3, 0.4) is 0 Å². The number of halogens is 1. The molecular formula is C12H14ClN. The molecule has 0 spiro atoms. The average molecular weight is 208 g/mol. The second kappa shape index (κ2) is 3.25. The molecule has 1 saturated heterocycles. The van der Waals surface area contributed by atoms with Gasteiger partial charge in [-0.3, -0.25) is 4.90 Å². The maximum Gasteiger partial charge on any atom is 0.0409 e. The molecule has 0 aliphatic carbocycles. The Labute approximate surface area is 89.7 Å². The lowest BCUT2D eigenvalue weighted by Gasteiger charge is -2.29. The van der Waals surface area contributed by atoms with Gasteiger partial charge in [-0.1, -0.05) is 24.1 Å². The molecule has 1 atom stereocenters. The van der Waals surface area contributed by atoms with Gasteiger partial charge < -0.3 is 0 Å². The third-order valence-electron chi connectivity index (χ3n) is 3.45. The zero-order chi connectivity index (χ0) is 9.54. The lowest BCUT2D eigenvalue weighted by atomic mass is 9.97. The van der Waals surface area contributed by atoms with Gasteiger partial charge in [0.25, 0.3) is 0 Å². The first-order valence-corrected chi connectivity index (χ1v) is 5.75. The lowest BCUT2D eigenvalue weighted by Crippen LogP contribution is -2.27. The van der Waals surface area contributed by atoms with Crippen molar-refractivity contribution in [2.75, 3.05) is 6.54 Å². The molecular weight excluding hydrogens is 194 g/mol. The van der Waals surface area contributed by atoms with E-state index in [1.54, 1.807) is 0 Å². The molecule has 2 heterocycles. The molecule has 1 aromatic carbocycles. The summed E-state index contributed by atoms with van der Waals surface area (Å²) in [5.41, 5.74) is 2.97. The highest BCUT2D eigenvalue weighted by Gasteiger charge is 2.31. The summed E-state index contributed by atoms with van der Waals surface area (Å²) in [6.45, 7) is 2.40. The zero-order valence-electron chi connectivity index (χ0n) is 8.17. The molecule has 74 valence electrons. The SMILES string of the molecule is Clc1ccc2c(c1)C1CCCCN1C2. The maximum absolute atomic E-state index is 6.04. The Bertz CT molecular complexity index is 361. The zero-order valence-corrected chi connectivity index (χ0v) is 8.93. The third kappa shape index (κ3) is 1.27. The molecule has 0 aromatic heterocycles. The molecule has 14 heavy (non-hydrogen) atoms. The molecule has 0 N–H and O–H groups in total. The molecule has 0 radical (unpaired) electrons. The Morgan fingerprint density at radius 3 is 3.14 bits per heavy atom. The molecule has 2 aliphatic heterocycles. The predicted molar refractivity (Wildman–Crippen MR) is 58.5 cm³/mol. The summed E-state index contributed by atoms with van der Waals surface area (Å²) in [5, 5.41) is 0.885. The molecule has 0 saturated carbocycles. The number of rotatable bonds is 0. The van der Waals surface area contributed by atoms with Gasteiger partial charge in [0, 0.05) is 17.6 Å². The summed E-state index contributed by atoms with van der Waals surface area (Å²) >= 11 is 6.04.